The molecule has 0 aliphatic carbocycles. The Balaban J connectivity index is 3.00. The van der Waals surface area contributed by atoms with E-state index in [1.807, 2.05) is 6.92 Å². The second kappa shape index (κ2) is 6.55. The van der Waals surface area contributed by atoms with E-state index in [-0.39, 0.29) is 10.8 Å². The number of nitrogens with one attached hydrogen (secondary N) is 2. The van der Waals surface area contributed by atoms with Gasteiger partial charge in [-0.2, -0.15) is 0 Å². The maximum Gasteiger partial charge on any atom is 0.244 e. The van der Waals surface area contributed by atoms with Crippen molar-refractivity contribution in [2.75, 3.05) is 26.0 Å². The molecule has 0 aliphatic heterocycles. The molecule has 1 rings (SSSR count). The molecule has 7 heteroatoms. The van der Waals surface area contributed by atoms with Crippen LogP contribution in [0.2, 0.25) is 0 Å². The third-order valence-corrected chi connectivity index (χ3v) is 4.87. The molecule has 1 amide bonds. The summed E-state index contributed by atoms with van der Waals surface area (Å²) >= 11 is 0. The SMILES string of the molecule is CCNC(C)(C)C(=O)Nc1cccc(S(=O)(=O)N(C)C)c1. The van der Waals surface area contributed by atoms with Crippen LogP contribution < -0.4 is 10.6 Å². The molecule has 1 aromatic carbocycles. The zero-order valence-corrected chi connectivity index (χ0v) is 13.9. The van der Waals surface area contributed by atoms with Crippen LogP contribution in [0.25, 0.3) is 0 Å². The first-order chi connectivity index (χ1) is 9.61. The summed E-state index contributed by atoms with van der Waals surface area (Å²) in [5, 5.41) is 5.80. The Morgan fingerprint density at radius 3 is 2.43 bits per heavy atom. The third-order valence-electron chi connectivity index (χ3n) is 3.06. The zero-order valence-electron chi connectivity index (χ0n) is 13.1. The van der Waals surface area contributed by atoms with Crippen LogP contribution in [0.5, 0.6) is 0 Å². The van der Waals surface area contributed by atoms with E-state index in [2.05, 4.69) is 10.6 Å². The fraction of sp³-hybridized carbons (Fsp3) is 0.500. The summed E-state index contributed by atoms with van der Waals surface area (Å²) < 4.78 is 25.3. The van der Waals surface area contributed by atoms with Crippen LogP contribution in [0, 0.1) is 0 Å². The standard InChI is InChI=1S/C14H23N3O3S/c1-6-15-14(2,3)13(18)16-11-8-7-9-12(10-11)21(19,20)17(4)5/h7-10,15H,6H2,1-5H3,(H,16,18). The van der Waals surface area contributed by atoms with Crippen molar-refractivity contribution in [2.24, 2.45) is 0 Å². The van der Waals surface area contributed by atoms with Gasteiger partial charge in [-0.05, 0) is 38.6 Å². The monoisotopic (exact) mass is 313 g/mol. The largest absolute Gasteiger partial charge is 0.324 e. The van der Waals surface area contributed by atoms with E-state index in [1.165, 1.54) is 26.2 Å². The highest BCUT2D eigenvalue weighted by molar-refractivity contribution is 7.89. The van der Waals surface area contributed by atoms with Gasteiger partial charge in [-0.1, -0.05) is 13.0 Å². The van der Waals surface area contributed by atoms with Gasteiger partial charge in [-0.3, -0.25) is 4.79 Å². The number of sulfonamides is 1. The molecule has 1 aromatic rings. The number of likely N-dealkylation sites (N-methyl/N-ethyl adjacent to an activating group) is 1. The Morgan fingerprint density at radius 1 is 1.29 bits per heavy atom. The zero-order chi connectivity index (χ0) is 16.3. The van der Waals surface area contributed by atoms with Gasteiger partial charge in [0.05, 0.1) is 10.4 Å². The van der Waals surface area contributed by atoms with Crippen molar-refractivity contribution in [2.45, 2.75) is 31.2 Å². The number of rotatable bonds is 6. The van der Waals surface area contributed by atoms with Gasteiger partial charge < -0.3 is 10.6 Å². The van der Waals surface area contributed by atoms with Crippen LogP contribution >= 0.6 is 0 Å². The van der Waals surface area contributed by atoms with Crippen molar-refractivity contribution >= 4 is 21.6 Å². The number of nitrogens with zero attached hydrogens (tertiary/aromatic N) is 1. The van der Waals surface area contributed by atoms with E-state index in [0.717, 1.165) is 4.31 Å². The predicted octanol–water partition coefficient (Wildman–Crippen LogP) is 1.26. The summed E-state index contributed by atoms with van der Waals surface area (Å²) in [6.45, 7) is 6.12. The lowest BCUT2D eigenvalue weighted by Crippen LogP contribution is -2.49. The lowest BCUT2D eigenvalue weighted by Gasteiger charge is -2.24. The summed E-state index contributed by atoms with van der Waals surface area (Å²) in [4.78, 5) is 12.3. The van der Waals surface area contributed by atoms with E-state index in [0.29, 0.717) is 12.2 Å². The van der Waals surface area contributed by atoms with Gasteiger partial charge in [0.2, 0.25) is 15.9 Å². The summed E-state index contributed by atoms with van der Waals surface area (Å²) in [7, 11) is -0.580. The summed E-state index contributed by atoms with van der Waals surface area (Å²) in [6, 6.07) is 6.22. The van der Waals surface area contributed by atoms with Crippen LogP contribution in [-0.2, 0) is 14.8 Å². The summed E-state index contributed by atoms with van der Waals surface area (Å²) in [6.07, 6.45) is 0. The number of carbonyl (C=O) groups excluding carboxylic acids is 1. The van der Waals surface area contributed by atoms with Crippen molar-refractivity contribution in [1.29, 1.82) is 0 Å². The lowest BCUT2D eigenvalue weighted by atomic mass is 10.0. The average molecular weight is 313 g/mol. The molecule has 118 valence electrons. The van der Waals surface area contributed by atoms with Crippen molar-refractivity contribution in [3.63, 3.8) is 0 Å². The molecule has 0 spiro atoms. The highest BCUT2D eigenvalue weighted by atomic mass is 32.2. The maximum atomic E-state index is 12.2. The quantitative estimate of drug-likeness (QED) is 0.829. The molecule has 0 aromatic heterocycles. The fourth-order valence-electron chi connectivity index (χ4n) is 1.75. The Bertz CT molecular complexity index is 610. The molecule has 0 unspecified atom stereocenters. The summed E-state index contributed by atoms with van der Waals surface area (Å²) in [5.74, 6) is -0.219. The smallest absolute Gasteiger partial charge is 0.244 e. The average Bonchev–Trinajstić information content (AvgIpc) is 2.38. The normalized spacial score (nSPS) is 12.5. The van der Waals surface area contributed by atoms with Gasteiger partial charge in [-0.15, -0.1) is 0 Å². The Labute approximate surface area is 126 Å². The predicted molar refractivity (Wildman–Crippen MR) is 83.7 cm³/mol. The van der Waals surface area contributed by atoms with E-state index in [4.69, 9.17) is 0 Å². The topological polar surface area (TPSA) is 78.5 Å². The van der Waals surface area contributed by atoms with Gasteiger partial charge in [0.15, 0.2) is 0 Å². The molecule has 0 saturated heterocycles. The Kier molecular flexibility index (Phi) is 5.49. The van der Waals surface area contributed by atoms with Gasteiger partial charge in [0.1, 0.15) is 0 Å². The number of hydrogen-bond donors (Lipinski definition) is 2. The van der Waals surface area contributed by atoms with Crippen LogP contribution in [0.1, 0.15) is 20.8 Å². The third kappa shape index (κ3) is 4.26. The van der Waals surface area contributed by atoms with E-state index < -0.39 is 15.6 Å². The highest BCUT2D eigenvalue weighted by Crippen LogP contribution is 2.19. The summed E-state index contributed by atoms with van der Waals surface area (Å²) in [5.41, 5.74) is -0.278. The number of carbonyl (C=O) groups is 1. The van der Waals surface area contributed by atoms with Crippen LogP contribution in [0.4, 0.5) is 5.69 Å². The molecular formula is C14H23N3O3S. The van der Waals surface area contributed by atoms with E-state index >= 15 is 0 Å². The van der Waals surface area contributed by atoms with Gasteiger partial charge in [0.25, 0.3) is 0 Å². The number of amides is 1. The number of benzene rings is 1. The first-order valence-electron chi connectivity index (χ1n) is 6.70. The van der Waals surface area contributed by atoms with Crippen molar-refractivity contribution < 1.29 is 13.2 Å². The minimum absolute atomic E-state index is 0.145. The minimum atomic E-state index is -3.51. The van der Waals surface area contributed by atoms with E-state index in [9.17, 15) is 13.2 Å². The molecule has 0 bridgehead atoms. The van der Waals surface area contributed by atoms with Crippen molar-refractivity contribution in [1.82, 2.24) is 9.62 Å². The Hall–Kier alpha value is -1.44. The number of hydrogen-bond acceptors (Lipinski definition) is 4. The second-order valence-corrected chi connectivity index (χ2v) is 7.58. The van der Waals surface area contributed by atoms with Crippen molar-refractivity contribution in [3.8, 4) is 0 Å². The lowest BCUT2D eigenvalue weighted by molar-refractivity contribution is -0.121. The molecule has 0 radical (unpaired) electrons. The molecule has 0 heterocycles. The van der Waals surface area contributed by atoms with E-state index in [1.54, 1.807) is 26.0 Å². The van der Waals surface area contributed by atoms with Gasteiger partial charge in [0, 0.05) is 19.8 Å². The first kappa shape index (κ1) is 17.6. The number of anilines is 1. The van der Waals surface area contributed by atoms with Crippen LogP contribution in [0.15, 0.2) is 29.2 Å². The van der Waals surface area contributed by atoms with Crippen LogP contribution in [-0.4, -0.2) is 44.8 Å². The second-order valence-electron chi connectivity index (χ2n) is 5.42. The highest BCUT2D eigenvalue weighted by Gasteiger charge is 2.26. The fourth-order valence-corrected chi connectivity index (χ4v) is 2.70. The van der Waals surface area contributed by atoms with Crippen molar-refractivity contribution in [3.05, 3.63) is 24.3 Å². The van der Waals surface area contributed by atoms with Gasteiger partial charge >= 0.3 is 0 Å². The molecule has 0 atom stereocenters. The molecule has 0 fully saturated rings. The molecule has 0 aliphatic rings. The first-order valence-corrected chi connectivity index (χ1v) is 8.14. The Morgan fingerprint density at radius 2 is 1.90 bits per heavy atom. The van der Waals surface area contributed by atoms with Crippen LogP contribution in [0.3, 0.4) is 0 Å². The molecule has 2 N–H and O–H groups in total. The van der Waals surface area contributed by atoms with Gasteiger partial charge in [-0.25, -0.2) is 12.7 Å². The molecule has 6 nitrogen and oxygen atoms in total. The molecule has 0 saturated carbocycles. The molecular weight excluding hydrogens is 290 g/mol. The maximum absolute atomic E-state index is 12.2. The molecule has 21 heavy (non-hydrogen) atoms. The minimum Gasteiger partial charge on any atom is -0.324 e.